The fraction of sp³-hybridized carbons (Fsp3) is 0.143. The molecule has 3 aromatic rings. The number of rotatable bonds is 5. The molecule has 8 heteroatoms. The average Bonchev–Trinajstić information content (AvgIpc) is 3.22. The molecule has 0 radical (unpaired) electrons. The van der Waals surface area contributed by atoms with Crippen molar-refractivity contribution in [1.29, 1.82) is 0 Å². The Morgan fingerprint density at radius 2 is 1.82 bits per heavy atom. The molecule has 2 aromatic heterocycles. The fourth-order valence-electron chi connectivity index (χ4n) is 2.19. The normalized spacial score (nSPS) is 10.5. The summed E-state index contributed by atoms with van der Waals surface area (Å²) in [6.07, 6.45) is 1.57. The lowest BCUT2D eigenvalue weighted by Crippen LogP contribution is -2.05. The Hall–Kier alpha value is -2.61. The van der Waals surface area contributed by atoms with Crippen LogP contribution in [0.1, 0.15) is 0 Å². The predicted molar refractivity (Wildman–Crippen MR) is 84.8 cm³/mol. The lowest BCUT2D eigenvalue weighted by molar-refractivity contribution is 0.391. The molecule has 0 unspecified atom stereocenters. The number of para-hydroxylation sites is 1. The zero-order chi connectivity index (χ0) is 15.5. The monoisotopic (exact) mass is 318 g/mol. The van der Waals surface area contributed by atoms with Crippen LogP contribution in [0.4, 0.5) is 5.95 Å². The second-order valence-electron chi connectivity index (χ2n) is 4.28. The molecular weight excluding hydrogens is 304 g/mol. The van der Waals surface area contributed by atoms with E-state index in [9.17, 15) is 0 Å². The van der Waals surface area contributed by atoms with Crippen molar-refractivity contribution in [1.82, 2.24) is 14.8 Å². The third-order valence-corrected chi connectivity index (χ3v) is 3.33. The van der Waals surface area contributed by atoms with Gasteiger partial charge in [-0.15, -0.1) is 10.2 Å². The average molecular weight is 318 g/mol. The Labute approximate surface area is 132 Å². The zero-order valence-corrected chi connectivity index (χ0v) is 12.9. The van der Waals surface area contributed by atoms with E-state index in [0.717, 1.165) is 0 Å². The number of furan rings is 1. The molecule has 1 aromatic carbocycles. The molecule has 3 rings (SSSR count). The molecule has 0 fully saturated rings. The molecule has 114 valence electrons. The minimum absolute atomic E-state index is 0.414. The Kier molecular flexibility index (Phi) is 3.92. The van der Waals surface area contributed by atoms with E-state index in [1.165, 1.54) is 0 Å². The molecular formula is C14H14N4O3S. The number of nitrogens with one attached hydrogen (secondary N) is 1. The highest BCUT2D eigenvalue weighted by Crippen LogP contribution is 2.37. The molecule has 2 heterocycles. The summed E-state index contributed by atoms with van der Waals surface area (Å²) in [6.45, 7) is 0. The second-order valence-corrected chi connectivity index (χ2v) is 4.51. The summed E-state index contributed by atoms with van der Waals surface area (Å²) in [5, 5.41) is 8.23. The van der Waals surface area contributed by atoms with Gasteiger partial charge in [-0.05, 0) is 24.3 Å². The summed E-state index contributed by atoms with van der Waals surface area (Å²) in [4.78, 5) is 0. The van der Waals surface area contributed by atoms with E-state index in [4.69, 9.17) is 13.9 Å². The van der Waals surface area contributed by atoms with Crippen LogP contribution in [0.15, 0.2) is 41.0 Å². The minimum atomic E-state index is 0.414. The van der Waals surface area contributed by atoms with Gasteiger partial charge in [-0.2, -0.15) is 0 Å². The number of ether oxygens (including phenoxy) is 2. The summed E-state index contributed by atoms with van der Waals surface area (Å²) in [6, 6.07) is 9.07. The Morgan fingerprint density at radius 3 is 2.36 bits per heavy atom. The van der Waals surface area contributed by atoms with Gasteiger partial charge in [0, 0.05) is 0 Å². The third-order valence-electron chi connectivity index (χ3n) is 3.13. The molecule has 0 saturated carbocycles. The maximum Gasteiger partial charge on any atom is 0.239 e. The number of methoxy groups -OCH3 is 2. The van der Waals surface area contributed by atoms with Gasteiger partial charge < -0.3 is 18.6 Å². The number of thiol groups is 1. The number of aromatic nitrogens is 3. The molecule has 0 saturated heterocycles. The minimum Gasteiger partial charge on any atom is -0.494 e. The Morgan fingerprint density at radius 1 is 1.09 bits per heavy atom. The van der Waals surface area contributed by atoms with Gasteiger partial charge in [-0.25, -0.2) is 0 Å². The molecule has 0 spiro atoms. The topological polar surface area (TPSA) is 74.3 Å². The Balaban J connectivity index is 2.31. The van der Waals surface area contributed by atoms with Crippen LogP contribution in [0.5, 0.6) is 11.5 Å². The van der Waals surface area contributed by atoms with E-state index in [1.807, 2.05) is 18.2 Å². The SMILES string of the molecule is COc1cccc(OC)c1-n1c(NS)nnc1-c1ccco1. The molecule has 0 aliphatic heterocycles. The zero-order valence-electron chi connectivity index (χ0n) is 12.0. The molecule has 0 bridgehead atoms. The van der Waals surface area contributed by atoms with Crippen molar-refractivity contribution in [2.24, 2.45) is 0 Å². The van der Waals surface area contributed by atoms with Crippen molar-refractivity contribution < 1.29 is 13.9 Å². The molecule has 0 aliphatic carbocycles. The quantitative estimate of drug-likeness (QED) is 0.705. The van der Waals surface area contributed by atoms with E-state index in [-0.39, 0.29) is 0 Å². The van der Waals surface area contributed by atoms with E-state index < -0.39 is 0 Å². The number of nitrogens with zero attached hydrogens (tertiary/aromatic N) is 3. The van der Waals surface area contributed by atoms with Gasteiger partial charge in [0.05, 0.1) is 20.5 Å². The standard InChI is InChI=1S/C14H14N4O3S/c1-19-9-5-3-6-10(20-2)12(9)18-13(11-7-4-8-21-11)15-16-14(18)17-22/h3-8,22H,1-2H3,(H,16,17). The lowest BCUT2D eigenvalue weighted by Gasteiger charge is -2.16. The Bertz CT molecular complexity index is 748. The van der Waals surface area contributed by atoms with E-state index in [0.29, 0.717) is 34.7 Å². The van der Waals surface area contributed by atoms with Gasteiger partial charge in [0.1, 0.15) is 17.2 Å². The third kappa shape index (κ3) is 2.27. The first kappa shape index (κ1) is 14.3. The van der Waals surface area contributed by atoms with Crippen LogP contribution in [0.25, 0.3) is 17.3 Å². The largest absolute Gasteiger partial charge is 0.494 e. The first-order valence-corrected chi connectivity index (χ1v) is 6.85. The maximum absolute atomic E-state index is 5.44. The number of benzene rings is 1. The summed E-state index contributed by atoms with van der Waals surface area (Å²) in [5.74, 6) is 2.70. The highest BCUT2D eigenvalue weighted by Gasteiger charge is 2.22. The predicted octanol–water partition coefficient (Wildman–Crippen LogP) is 2.80. The van der Waals surface area contributed by atoms with E-state index >= 15 is 0 Å². The van der Waals surface area contributed by atoms with Crippen molar-refractivity contribution in [2.75, 3.05) is 18.9 Å². The van der Waals surface area contributed by atoms with Crippen molar-refractivity contribution in [3.05, 3.63) is 36.6 Å². The van der Waals surface area contributed by atoms with Crippen LogP contribution < -0.4 is 14.2 Å². The van der Waals surface area contributed by atoms with Crippen LogP contribution in [-0.4, -0.2) is 29.0 Å². The van der Waals surface area contributed by atoms with Gasteiger partial charge in [0.2, 0.25) is 11.8 Å². The number of anilines is 1. The molecule has 1 N–H and O–H groups in total. The van der Waals surface area contributed by atoms with Gasteiger partial charge in [0.15, 0.2) is 5.76 Å². The smallest absolute Gasteiger partial charge is 0.239 e. The molecule has 22 heavy (non-hydrogen) atoms. The molecule has 0 aliphatic rings. The summed E-state index contributed by atoms with van der Waals surface area (Å²) < 4.78 is 20.8. The summed E-state index contributed by atoms with van der Waals surface area (Å²) in [7, 11) is 3.17. The van der Waals surface area contributed by atoms with Crippen molar-refractivity contribution >= 4 is 18.8 Å². The summed E-state index contributed by atoms with van der Waals surface area (Å²) >= 11 is 4.08. The van der Waals surface area contributed by atoms with E-state index in [2.05, 4.69) is 27.7 Å². The van der Waals surface area contributed by atoms with Gasteiger partial charge >= 0.3 is 0 Å². The van der Waals surface area contributed by atoms with Crippen LogP contribution in [0.3, 0.4) is 0 Å². The molecule has 7 nitrogen and oxygen atoms in total. The van der Waals surface area contributed by atoms with Crippen LogP contribution in [-0.2, 0) is 0 Å². The first-order chi connectivity index (χ1) is 10.8. The van der Waals surface area contributed by atoms with Gasteiger partial charge in [-0.3, -0.25) is 4.57 Å². The highest BCUT2D eigenvalue weighted by molar-refractivity contribution is 7.81. The number of hydrogen-bond donors (Lipinski definition) is 2. The maximum atomic E-state index is 5.44. The lowest BCUT2D eigenvalue weighted by atomic mass is 10.2. The van der Waals surface area contributed by atoms with Crippen LogP contribution >= 0.6 is 12.8 Å². The molecule has 0 atom stereocenters. The van der Waals surface area contributed by atoms with Crippen molar-refractivity contribution in [3.63, 3.8) is 0 Å². The van der Waals surface area contributed by atoms with Crippen LogP contribution in [0.2, 0.25) is 0 Å². The van der Waals surface area contributed by atoms with Gasteiger partial charge in [0.25, 0.3) is 0 Å². The van der Waals surface area contributed by atoms with Crippen LogP contribution in [0, 0.1) is 0 Å². The van der Waals surface area contributed by atoms with Crippen molar-refractivity contribution in [2.45, 2.75) is 0 Å². The first-order valence-electron chi connectivity index (χ1n) is 6.41. The molecule has 0 amide bonds. The highest BCUT2D eigenvalue weighted by atomic mass is 32.1. The number of hydrogen-bond acceptors (Lipinski definition) is 7. The van der Waals surface area contributed by atoms with E-state index in [1.54, 1.807) is 37.2 Å². The second kappa shape index (κ2) is 6.02. The fourth-order valence-corrected chi connectivity index (χ4v) is 2.33. The van der Waals surface area contributed by atoms with Crippen molar-refractivity contribution in [3.8, 4) is 28.8 Å². The van der Waals surface area contributed by atoms with Gasteiger partial charge in [-0.1, -0.05) is 18.9 Å². The summed E-state index contributed by atoms with van der Waals surface area (Å²) in [5.41, 5.74) is 0.653.